The Morgan fingerprint density at radius 1 is 1.54 bits per heavy atom. The van der Waals surface area contributed by atoms with Gasteiger partial charge in [-0.15, -0.1) is 11.3 Å². The Hall–Kier alpha value is -0.830. The number of hydrogen-bond acceptors (Lipinski definition) is 2. The van der Waals surface area contributed by atoms with E-state index in [2.05, 4.69) is 13.0 Å². The van der Waals surface area contributed by atoms with Gasteiger partial charge in [0.2, 0.25) is 0 Å². The molecule has 0 bridgehead atoms. The Balaban J connectivity index is 2.58. The van der Waals surface area contributed by atoms with E-state index >= 15 is 0 Å². The fourth-order valence-corrected chi connectivity index (χ4v) is 2.20. The van der Waals surface area contributed by atoms with Crippen LogP contribution in [0.4, 0.5) is 0 Å². The molecule has 0 saturated heterocycles. The van der Waals surface area contributed by atoms with Crippen molar-refractivity contribution < 1.29 is 9.90 Å². The second kappa shape index (κ2) is 4.42. The lowest BCUT2D eigenvalue weighted by Crippen LogP contribution is -2.11. The number of aliphatic carboxylic acids is 1. The summed E-state index contributed by atoms with van der Waals surface area (Å²) in [6.07, 6.45) is 1.69. The predicted octanol–water partition coefficient (Wildman–Crippen LogP) is 2.57. The van der Waals surface area contributed by atoms with Crippen molar-refractivity contribution in [2.75, 3.05) is 0 Å². The summed E-state index contributed by atoms with van der Waals surface area (Å²) in [4.78, 5) is 13.1. The van der Waals surface area contributed by atoms with Crippen LogP contribution < -0.4 is 0 Å². The molecule has 0 aliphatic heterocycles. The van der Waals surface area contributed by atoms with Crippen molar-refractivity contribution in [3.63, 3.8) is 0 Å². The molecule has 0 amide bonds. The molecule has 1 atom stereocenters. The van der Waals surface area contributed by atoms with Crippen LogP contribution in [0.25, 0.3) is 0 Å². The summed E-state index contributed by atoms with van der Waals surface area (Å²) in [6.45, 7) is 3.85. The number of thiophene rings is 1. The van der Waals surface area contributed by atoms with Crippen LogP contribution >= 0.6 is 11.3 Å². The summed E-state index contributed by atoms with van der Waals surface area (Å²) in [5.41, 5.74) is 0. The molecule has 0 spiro atoms. The zero-order chi connectivity index (χ0) is 9.84. The predicted molar refractivity (Wildman–Crippen MR) is 54.2 cm³/mol. The minimum atomic E-state index is -0.716. The topological polar surface area (TPSA) is 37.3 Å². The second-order valence-corrected chi connectivity index (χ2v) is 4.42. The van der Waals surface area contributed by atoms with Crippen LogP contribution in [0, 0.1) is 5.92 Å². The van der Waals surface area contributed by atoms with Crippen molar-refractivity contribution in [2.45, 2.75) is 26.7 Å². The zero-order valence-corrected chi connectivity index (χ0v) is 8.73. The van der Waals surface area contributed by atoms with Crippen LogP contribution in [-0.4, -0.2) is 11.1 Å². The fourth-order valence-electron chi connectivity index (χ4n) is 1.11. The summed E-state index contributed by atoms with van der Waals surface area (Å²) in [6, 6.07) is 4.11. The van der Waals surface area contributed by atoms with E-state index in [9.17, 15) is 4.79 Å². The minimum Gasteiger partial charge on any atom is -0.481 e. The molecule has 72 valence electrons. The third-order valence-electron chi connectivity index (χ3n) is 1.99. The molecule has 1 rings (SSSR count). The summed E-state index contributed by atoms with van der Waals surface area (Å²) in [5.74, 6) is -0.991. The van der Waals surface area contributed by atoms with Crippen molar-refractivity contribution in [3.8, 4) is 0 Å². The Kier molecular flexibility index (Phi) is 3.48. The lowest BCUT2D eigenvalue weighted by Gasteiger charge is -2.02. The van der Waals surface area contributed by atoms with Crippen molar-refractivity contribution in [2.24, 2.45) is 5.92 Å². The molecule has 0 radical (unpaired) electrons. The van der Waals surface area contributed by atoms with Crippen LogP contribution in [0.15, 0.2) is 12.1 Å². The standard InChI is InChI=1S/C10H14O2S/c1-3-8-4-5-9(13-8)6-7(2)10(11)12/h4-5,7H,3,6H2,1-2H3,(H,11,12). The van der Waals surface area contributed by atoms with Crippen LogP contribution in [0.5, 0.6) is 0 Å². The van der Waals surface area contributed by atoms with Gasteiger partial charge in [-0.05, 0) is 25.0 Å². The average Bonchev–Trinajstić information content (AvgIpc) is 2.52. The van der Waals surface area contributed by atoms with Gasteiger partial charge >= 0.3 is 5.97 Å². The molecule has 0 aliphatic carbocycles. The van der Waals surface area contributed by atoms with E-state index < -0.39 is 5.97 Å². The summed E-state index contributed by atoms with van der Waals surface area (Å²) in [7, 11) is 0. The highest BCUT2D eigenvalue weighted by atomic mass is 32.1. The molecule has 0 fully saturated rings. The third-order valence-corrected chi connectivity index (χ3v) is 3.25. The summed E-state index contributed by atoms with van der Waals surface area (Å²) < 4.78 is 0. The van der Waals surface area contributed by atoms with Gasteiger partial charge in [-0.25, -0.2) is 0 Å². The molecule has 2 nitrogen and oxygen atoms in total. The molecule has 1 heterocycles. The fraction of sp³-hybridized carbons (Fsp3) is 0.500. The molecule has 0 aliphatic rings. The first-order chi connectivity index (χ1) is 6.13. The van der Waals surface area contributed by atoms with Crippen LogP contribution in [0.3, 0.4) is 0 Å². The first-order valence-electron chi connectivity index (χ1n) is 4.44. The molecule has 1 unspecified atom stereocenters. The second-order valence-electron chi connectivity index (χ2n) is 3.16. The molecule has 0 aromatic carbocycles. The normalized spacial score (nSPS) is 12.8. The van der Waals surface area contributed by atoms with Crippen LogP contribution in [0.2, 0.25) is 0 Å². The van der Waals surface area contributed by atoms with E-state index in [0.29, 0.717) is 6.42 Å². The number of aryl methyl sites for hydroxylation is 1. The van der Waals surface area contributed by atoms with Crippen LogP contribution in [0.1, 0.15) is 23.6 Å². The maximum atomic E-state index is 10.6. The van der Waals surface area contributed by atoms with Gasteiger partial charge in [0.15, 0.2) is 0 Å². The van der Waals surface area contributed by atoms with Crippen molar-refractivity contribution in [1.29, 1.82) is 0 Å². The van der Waals surface area contributed by atoms with Gasteiger partial charge in [0, 0.05) is 9.75 Å². The van der Waals surface area contributed by atoms with Crippen LogP contribution in [-0.2, 0) is 17.6 Å². The van der Waals surface area contributed by atoms with Gasteiger partial charge in [-0.1, -0.05) is 13.8 Å². The number of hydrogen-bond donors (Lipinski definition) is 1. The Bertz CT molecular complexity index is 291. The van der Waals surface area contributed by atoms with Gasteiger partial charge < -0.3 is 5.11 Å². The number of carbonyl (C=O) groups is 1. The van der Waals surface area contributed by atoms with Gasteiger partial charge in [0.1, 0.15) is 0 Å². The van der Waals surface area contributed by atoms with E-state index in [1.54, 1.807) is 18.3 Å². The number of carboxylic acids is 1. The molecule has 1 N–H and O–H groups in total. The highest BCUT2D eigenvalue weighted by Crippen LogP contribution is 2.20. The molecule has 1 aromatic rings. The monoisotopic (exact) mass is 198 g/mol. The number of rotatable bonds is 4. The maximum Gasteiger partial charge on any atom is 0.306 e. The first-order valence-corrected chi connectivity index (χ1v) is 5.25. The van der Waals surface area contributed by atoms with Crippen molar-refractivity contribution in [3.05, 3.63) is 21.9 Å². The SMILES string of the molecule is CCc1ccc(CC(C)C(=O)O)s1. The molecule has 0 saturated carbocycles. The zero-order valence-electron chi connectivity index (χ0n) is 7.91. The van der Waals surface area contributed by atoms with Gasteiger partial charge in [-0.2, -0.15) is 0 Å². The Morgan fingerprint density at radius 3 is 2.62 bits per heavy atom. The Morgan fingerprint density at radius 2 is 2.15 bits per heavy atom. The molecular weight excluding hydrogens is 184 g/mol. The summed E-state index contributed by atoms with van der Waals surface area (Å²) in [5, 5.41) is 8.71. The molecule has 13 heavy (non-hydrogen) atoms. The van der Waals surface area contributed by atoms with E-state index in [0.717, 1.165) is 6.42 Å². The van der Waals surface area contributed by atoms with E-state index in [-0.39, 0.29) is 5.92 Å². The van der Waals surface area contributed by atoms with Crippen molar-refractivity contribution in [1.82, 2.24) is 0 Å². The summed E-state index contributed by atoms with van der Waals surface area (Å²) >= 11 is 1.72. The van der Waals surface area contributed by atoms with Gasteiger partial charge in [0.25, 0.3) is 0 Å². The third kappa shape index (κ3) is 2.84. The minimum absolute atomic E-state index is 0.275. The Labute approximate surface area is 82.2 Å². The molecular formula is C10H14O2S. The average molecular weight is 198 g/mol. The largest absolute Gasteiger partial charge is 0.481 e. The molecule has 3 heteroatoms. The van der Waals surface area contributed by atoms with E-state index in [1.807, 2.05) is 6.07 Å². The smallest absolute Gasteiger partial charge is 0.306 e. The van der Waals surface area contributed by atoms with Crippen molar-refractivity contribution >= 4 is 17.3 Å². The lowest BCUT2D eigenvalue weighted by atomic mass is 10.1. The maximum absolute atomic E-state index is 10.6. The van der Waals surface area contributed by atoms with Gasteiger partial charge in [-0.3, -0.25) is 4.79 Å². The highest BCUT2D eigenvalue weighted by molar-refractivity contribution is 7.11. The number of carboxylic acid groups (broad SMARTS) is 1. The highest BCUT2D eigenvalue weighted by Gasteiger charge is 2.12. The molecule has 1 aromatic heterocycles. The first kappa shape index (κ1) is 10.3. The quantitative estimate of drug-likeness (QED) is 0.807. The lowest BCUT2D eigenvalue weighted by molar-refractivity contribution is -0.141. The van der Waals surface area contributed by atoms with Gasteiger partial charge in [0.05, 0.1) is 5.92 Å². The van der Waals surface area contributed by atoms with E-state index in [4.69, 9.17) is 5.11 Å². The van der Waals surface area contributed by atoms with E-state index in [1.165, 1.54) is 9.75 Å².